The highest BCUT2D eigenvalue weighted by molar-refractivity contribution is 5.95. The first kappa shape index (κ1) is 17.8. The minimum absolute atomic E-state index is 0.121. The molecule has 0 saturated heterocycles. The summed E-state index contributed by atoms with van der Waals surface area (Å²) in [7, 11) is 0. The van der Waals surface area contributed by atoms with Gasteiger partial charge in [-0.05, 0) is 48.1 Å². The highest BCUT2D eigenvalue weighted by Gasteiger charge is 2.25. The van der Waals surface area contributed by atoms with Crippen molar-refractivity contribution in [3.8, 4) is 23.5 Å². The Morgan fingerprint density at radius 3 is 1.88 bits per heavy atom. The molecule has 0 aliphatic rings. The molecule has 0 aliphatic carbocycles. The average Bonchev–Trinajstić information content (AvgIpc) is 2.66. The summed E-state index contributed by atoms with van der Waals surface area (Å²) in [6, 6.07) is 16.2. The highest BCUT2D eigenvalue weighted by atomic mass is 16.1. The molecule has 2 rings (SSSR count). The molecule has 2 heteroatoms. The summed E-state index contributed by atoms with van der Waals surface area (Å²) < 4.78 is 0. The van der Waals surface area contributed by atoms with E-state index in [1.54, 1.807) is 0 Å². The Hall–Kier alpha value is -2.53. The van der Waals surface area contributed by atoms with Gasteiger partial charge in [-0.1, -0.05) is 63.1 Å². The van der Waals surface area contributed by atoms with Crippen molar-refractivity contribution >= 4 is 5.91 Å². The SMILES string of the molecule is C#CC(CC)(CC)NC(=O)c1ccc(-c2ccc(CC)cc2)cc1. The van der Waals surface area contributed by atoms with Gasteiger partial charge in [0.2, 0.25) is 0 Å². The molecule has 0 heterocycles. The molecule has 0 radical (unpaired) electrons. The van der Waals surface area contributed by atoms with Crippen LogP contribution in [0, 0.1) is 12.3 Å². The summed E-state index contributed by atoms with van der Waals surface area (Å²) in [5, 5.41) is 3.00. The van der Waals surface area contributed by atoms with Crippen molar-refractivity contribution in [1.29, 1.82) is 0 Å². The molecule has 0 unspecified atom stereocenters. The minimum Gasteiger partial charge on any atom is -0.336 e. The second kappa shape index (κ2) is 7.84. The van der Waals surface area contributed by atoms with Crippen LogP contribution >= 0.6 is 0 Å². The van der Waals surface area contributed by atoms with E-state index in [0.717, 1.165) is 17.5 Å². The number of hydrogen-bond donors (Lipinski definition) is 1. The third-order valence-corrected chi connectivity index (χ3v) is 4.68. The van der Waals surface area contributed by atoms with Crippen molar-refractivity contribution in [2.75, 3.05) is 0 Å². The monoisotopic (exact) mass is 319 g/mol. The number of rotatable bonds is 6. The first-order chi connectivity index (χ1) is 11.6. The van der Waals surface area contributed by atoms with Crippen LogP contribution in [-0.4, -0.2) is 11.4 Å². The third kappa shape index (κ3) is 3.86. The molecule has 0 aliphatic heterocycles. The normalized spacial score (nSPS) is 10.9. The fourth-order valence-corrected chi connectivity index (χ4v) is 2.70. The topological polar surface area (TPSA) is 29.1 Å². The number of hydrogen-bond acceptors (Lipinski definition) is 1. The molecular weight excluding hydrogens is 294 g/mol. The maximum Gasteiger partial charge on any atom is 0.252 e. The quantitative estimate of drug-likeness (QED) is 0.759. The summed E-state index contributed by atoms with van der Waals surface area (Å²) >= 11 is 0. The van der Waals surface area contributed by atoms with Crippen LogP contribution in [0.1, 0.15) is 49.5 Å². The van der Waals surface area contributed by atoms with E-state index in [0.29, 0.717) is 18.4 Å². The number of nitrogens with one attached hydrogen (secondary N) is 1. The van der Waals surface area contributed by atoms with Crippen LogP contribution in [0.25, 0.3) is 11.1 Å². The Morgan fingerprint density at radius 1 is 0.958 bits per heavy atom. The van der Waals surface area contributed by atoms with Gasteiger partial charge >= 0.3 is 0 Å². The minimum atomic E-state index is -0.564. The van der Waals surface area contributed by atoms with Crippen LogP contribution < -0.4 is 5.32 Å². The summed E-state index contributed by atoms with van der Waals surface area (Å²) in [6.07, 6.45) is 8.08. The number of carbonyl (C=O) groups excluding carboxylic acids is 1. The lowest BCUT2D eigenvalue weighted by atomic mass is 9.93. The summed E-state index contributed by atoms with van der Waals surface area (Å²) in [4.78, 5) is 12.5. The number of carbonyl (C=O) groups is 1. The molecular formula is C22H25NO. The van der Waals surface area contributed by atoms with Gasteiger partial charge < -0.3 is 5.32 Å². The molecule has 124 valence electrons. The molecule has 1 amide bonds. The van der Waals surface area contributed by atoms with E-state index in [9.17, 15) is 4.79 Å². The van der Waals surface area contributed by atoms with Gasteiger partial charge in [-0.3, -0.25) is 4.79 Å². The van der Waals surface area contributed by atoms with Gasteiger partial charge in [0, 0.05) is 5.56 Å². The van der Waals surface area contributed by atoms with Gasteiger partial charge in [0.15, 0.2) is 0 Å². The van der Waals surface area contributed by atoms with Crippen molar-refractivity contribution in [3.63, 3.8) is 0 Å². The van der Waals surface area contributed by atoms with E-state index in [-0.39, 0.29) is 5.91 Å². The Kier molecular flexibility index (Phi) is 5.82. The molecule has 0 spiro atoms. The van der Waals surface area contributed by atoms with Gasteiger partial charge in [0.25, 0.3) is 5.91 Å². The van der Waals surface area contributed by atoms with E-state index >= 15 is 0 Å². The summed E-state index contributed by atoms with van der Waals surface area (Å²) in [5.74, 6) is 2.61. The maximum absolute atomic E-state index is 12.5. The molecule has 2 aromatic rings. The van der Waals surface area contributed by atoms with Crippen LogP contribution in [0.15, 0.2) is 48.5 Å². The standard InChI is InChI=1S/C22H25NO/c1-5-17-9-11-18(12-10-17)19-13-15-20(16-14-19)21(24)23-22(6-2,7-3)8-4/h2,9-16H,5,7-8H2,1,3-4H3,(H,23,24). The van der Waals surface area contributed by atoms with Gasteiger partial charge in [-0.25, -0.2) is 0 Å². The first-order valence-corrected chi connectivity index (χ1v) is 8.57. The van der Waals surface area contributed by atoms with E-state index < -0.39 is 5.54 Å². The predicted molar refractivity (Wildman–Crippen MR) is 101 cm³/mol. The molecule has 0 atom stereocenters. The number of terminal acetylenes is 1. The van der Waals surface area contributed by atoms with Crippen LogP contribution in [0.3, 0.4) is 0 Å². The van der Waals surface area contributed by atoms with Crippen molar-refractivity contribution in [2.24, 2.45) is 0 Å². The van der Waals surface area contributed by atoms with Crippen molar-refractivity contribution in [3.05, 3.63) is 59.7 Å². The number of aryl methyl sites for hydroxylation is 1. The molecule has 0 aromatic heterocycles. The number of amides is 1. The summed E-state index contributed by atoms with van der Waals surface area (Å²) in [6.45, 7) is 6.13. The Bertz CT molecular complexity index is 716. The second-order valence-electron chi connectivity index (χ2n) is 6.02. The fourth-order valence-electron chi connectivity index (χ4n) is 2.70. The summed E-state index contributed by atoms with van der Waals surface area (Å²) in [5.41, 5.74) is 3.64. The van der Waals surface area contributed by atoms with Crippen molar-refractivity contribution in [2.45, 2.75) is 45.6 Å². The first-order valence-electron chi connectivity index (χ1n) is 8.57. The van der Waals surface area contributed by atoms with Crippen molar-refractivity contribution in [1.82, 2.24) is 5.32 Å². The van der Waals surface area contributed by atoms with Crippen molar-refractivity contribution < 1.29 is 4.79 Å². The van der Waals surface area contributed by atoms with E-state index in [2.05, 4.69) is 42.4 Å². The zero-order valence-electron chi connectivity index (χ0n) is 14.7. The average molecular weight is 319 g/mol. The van der Waals surface area contributed by atoms with E-state index in [1.807, 2.05) is 38.1 Å². The van der Waals surface area contributed by atoms with Crippen LogP contribution in [0.2, 0.25) is 0 Å². The lowest BCUT2D eigenvalue weighted by Gasteiger charge is -2.27. The molecule has 24 heavy (non-hydrogen) atoms. The lowest BCUT2D eigenvalue weighted by molar-refractivity contribution is 0.0916. The lowest BCUT2D eigenvalue weighted by Crippen LogP contribution is -2.46. The smallest absolute Gasteiger partial charge is 0.252 e. The zero-order chi connectivity index (χ0) is 17.6. The Morgan fingerprint density at radius 2 is 1.46 bits per heavy atom. The van der Waals surface area contributed by atoms with E-state index in [1.165, 1.54) is 5.56 Å². The Balaban J connectivity index is 2.16. The Labute approximate surface area is 145 Å². The molecule has 1 N–H and O–H groups in total. The molecule has 2 aromatic carbocycles. The van der Waals surface area contributed by atoms with Gasteiger partial charge in [-0.2, -0.15) is 0 Å². The zero-order valence-corrected chi connectivity index (χ0v) is 14.7. The molecule has 0 bridgehead atoms. The maximum atomic E-state index is 12.5. The van der Waals surface area contributed by atoms with Gasteiger partial charge in [0.05, 0.1) is 0 Å². The molecule has 0 fully saturated rings. The predicted octanol–water partition coefficient (Wildman–Crippen LogP) is 4.84. The second-order valence-corrected chi connectivity index (χ2v) is 6.02. The van der Waals surface area contributed by atoms with E-state index in [4.69, 9.17) is 6.42 Å². The highest BCUT2D eigenvalue weighted by Crippen LogP contribution is 2.21. The molecule has 2 nitrogen and oxygen atoms in total. The van der Waals surface area contributed by atoms with Gasteiger partial charge in [0.1, 0.15) is 5.54 Å². The van der Waals surface area contributed by atoms with Crippen LogP contribution in [0.4, 0.5) is 0 Å². The third-order valence-electron chi connectivity index (χ3n) is 4.68. The van der Waals surface area contributed by atoms with Gasteiger partial charge in [-0.15, -0.1) is 6.42 Å². The van der Waals surface area contributed by atoms with Crippen LogP contribution in [-0.2, 0) is 6.42 Å². The number of benzene rings is 2. The fraction of sp³-hybridized carbons (Fsp3) is 0.318. The molecule has 0 saturated carbocycles. The largest absolute Gasteiger partial charge is 0.336 e. The van der Waals surface area contributed by atoms with Crippen LogP contribution in [0.5, 0.6) is 0 Å².